The van der Waals surface area contributed by atoms with Crippen molar-refractivity contribution < 1.29 is 5.11 Å². The van der Waals surface area contributed by atoms with Gasteiger partial charge in [-0.2, -0.15) is 0 Å². The number of aliphatic hydroxyl groups excluding tert-OH is 1. The van der Waals surface area contributed by atoms with Gasteiger partial charge in [0.25, 0.3) is 0 Å². The van der Waals surface area contributed by atoms with Crippen LogP contribution in [0.15, 0.2) is 12.5 Å². The maximum absolute atomic E-state index is 8.89. The molecule has 0 saturated heterocycles. The Morgan fingerprint density at radius 2 is 2.27 bits per heavy atom. The highest BCUT2D eigenvalue weighted by atomic mass is 16.3. The highest BCUT2D eigenvalue weighted by molar-refractivity contribution is 5.17. The van der Waals surface area contributed by atoms with Crippen LogP contribution < -0.4 is 0 Å². The van der Waals surface area contributed by atoms with Gasteiger partial charge in [-0.25, -0.2) is 9.97 Å². The Morgan fingerprint density at radius 1 is 1.55 bits per heavy atom. The lowest BCUT2D eigenvalue weighted by Gasteiger charge is -2.07. The maximum atomic E-state index is 8.89. The largest absolute Gasteiger partial charge is 0.392 e. The van der Waals surface area contributed by atoms with Crippen molar-refractivity contribution in [1.82, 2.24) is 9.97 Å². The number of aliphatic hydroxyl groups is 1. The zero-order chi connectivity index (χ0) is 8.27. The predicted molar refractivity (Wildman–Crippen MR) is 42.0 cm³/mol. The number of hydrogen-bond acceptors (Lipinski definition) is 3. The zero-order valence-electron chi connectivity index (χ0n) is 6.78. The van der Waals surface area contributed by atoms with Gasteiger partial charge in [0.2, 0.25) is 0 Å². The number of nitrogens with zero attached hydrogens (tertiary/aromatic N) is 2. The summed E-state index contributed by atoms with van der Waals surface area (Å²) in [6, 6.07) is 0. The number of hydrogen-bond donors (Lipinski definition) is 1. The van der Waals surface area contributed by atoms with Crippen molar-refractivity contribution in [3.8, 4) is 0 Å². The van der Waals surface area contributed by atoms with Crippen LogP contribution in [0.25, 0.3) is 0 Å². The lowest BCUT2D eigenvalue weighted by Crippen LogP contribution is -2.00. The fourth-order valence-corrected chi connectivity index (χ4v) is 1.01. The fraction of sp³-hybridized carbons (Fsp3) is 0.500. The first kappa shape index (κ1) is 8.14. The SMILES string of the molecule is CC(C)c1ncncc1CO. The van der Waals surface area contributed by atoms with Crippen LogP contribution in [0, 0.1) is 0 Å². The highest BCUT2D eigenvalue weighted by Gasteiger charge is 2.05. The molecule has 0 spiro atoms. The first-order valence-electron chi connectivity index (χ1n) is 3.65. The Balaban J connectivity index is 3.02. The highest BCUT2D eigenvalue weighted by Crippen LogP contribution is 2.14. The van der Waals surface area contributed by atoms with Gasteiger partial charge >= 0.3 is 0 Å². The molecule has 1 rings (SSSR count). The first-order chi connectivity index (χ1) is 5.25. The Hall–Kier alpha value is -0.960. The van der Waals surface area contributed by atoms with E-state index in [1.54, 1.807) is 6.20 Å². The molecule has 0 saturated carbocycles. The molecule has 0 aliphatic heterocycles. The van der Waals surface area contributed by atoms with Crippen molar-refractivity contribution in [3.05, 3.63) is 23.8 Å². The van der Waals surface area contributed by atoms with Crippen LogP contribution in [-0.2, 0) is 6.61 Å². The smallest absolute Gasteiger partial charge is 0.115 e. The molecule has 0 fully saturated rings. The summed E-state index contributed by atoms with van der Waals surface area (Å²) in [7, 11) is 0. The van der Waals surface area contributed by atoms with E-state index in [-0.39, 0.29) is 6.61 Å². The third-order valence-electron chi connectivity index (χ3n) is 1.54. The molecule has 3 heteroatoms. The van der Waals surface area contributed by atoms with Crippen LogP contribution in [0.1, 0.15) is 31.0 Å². The molecule has 60 valence electrons. The van der Waals surface area contributed by atoms with Crippen LogP contribution in [0.5, 0.6) is 0 Å². The molecule has 0 unspecified atom stereocenters. The second-order valence-corrected chi connectivity index (χ2v) is 2.75. The normalized spacial score (nSPS) is 10.5. The quantitative estimate of drug-likeness (QED) is 0.690. The summed E-state index contributed by atoms with van der Waals surface area (Å²) in [6.07, 6.45) is 3.16. The second kappa shape index (κ2) is 3.44. The molecule has 11 heavy (non-hydrogen) atoms. The maximum Gasteiger partial charge on any atom is 0.115 e. The van der Waals surface area contributed by atoms with E-state index in [2.05, 4.69) is 9.97 Å². The van der Waals surface area contributed by atoms with Gasteiger partial charge in [-0.15, -0.1) is 0 Å². The molecule has 0 aromatic carbocycles. The van der Waals surface area contributed by atoms with Gasteiger partial charge in [-0.3, -0.25) is 0 Å². The topological polar surface area (TPSA) is 46.0 Å². The summed E-state index contributed by atoms with van der Waals surface area (Å²) in [5.41, 5.74) is 1.75. The van der Waals surface area contributed by atoms with Gasteiger partial charge in [-0.05, 0) is 5.92 Å². The first-order valence-corrected chi connectivity index (χ1v) is 3.65. The Labute approximate surface area is 66.1 Å². The van der Waals surface area contributed by atoms with Crippen molar-refractivity contribution in [2.24, 2.45) is 0 Å². The molecular formula is C8H12N2O. The monoisotopic (exact) mass is 152 g/mol. The molecule has 1 heterocycles. The van der Waals surface area contributed by atoms with E-state index in [9.17, 15) is 0 Å². The third kappa shape index (κ3) is 1.74. The molecule has 0 aliphatic rings. The van der Waals surface area contributed by atoms with Gasteiger partial charge < -0.3 is 5.11 Å². The summed E-state index contributed by atoms with van der Waals surface area (Å²) in [4.78, 5) is 7.91. The van der Waals surface area contributed by atoms with Crippen LogP contribution in [-0.4, -0.2) is 15.1 Å². The zero-order valence-corrected chi connectivity index (χ0v) is 6.78. The van der Waals surface area contributed by atoms with E-state index in [4.69, 9.17) is 5.11 Å². The average Bonchev–Trinajstić information content (AvgIpc) is 2.04. The van der Waals surface area contributed by atoms with Gasteiger partial charge in [0.05, 0.1) is 12.3 Å². The van der Waals surface area contributed by atoms with E-state index < -0.39 is 0 Å². The van der Waals surface area contributed by atoms with E-state index in [0.29, 0.717) is 5.92 Å². The minimum Gasteiger partial charge on any atom is -0.392 e. The van der Waals surface area contributed by atoms with E-state index in [1.807, 2.05) is 13.8 Å². The van der Waals surface area contributed by atoms with Crippen molar-refractivity contribution in [2.75, 3.05) is 0 Å². The van der Waals surface area contributed by atoms with Crippen LogP contribution in [0.4, 0.5) is 0 Å². The Morgan fingerprint density at radius 3 is 2.73 bits per heavy atom. The number of rotatable bonds is 2. The molecule has 0 atom stereocenters. The van der Waals surface area contributed by atoms with Crippen molar-refractivity contribution >= 4 is 0 Å². The van der Waals surface area contributed by atoms with Gasteiger partial charge in [-0.1, -0.05) is 13.8 Å². The van der Waals surface area contributed by atoms with E-state index in [1.165, 1.54) is 6.33 Å². The third-order valence-corrected chi connectivity index (χ3v) is 1.54. The summed E-state index contributed by atoms with van der Waals surface area (Å²) < 4.78 is 0. The molecule has 0 aliphatic carbocycles. The summed E-state index contributed by atoms with van der Waals surface area (Å²) in [6.45, 7) is 4.11. The second-order valence-electron chi connectivity index (χ2n) is 2.75. The Kier molecular flexibility index (Phi) is 2.54. The van der Waals surface area contributed by atoms with Gasteiger partial charge in [0.15, 0.2) is 0 Å². The Bertz CT molecular complexity index is 235. The molecule has 0 bridgehead atoms. The van der Waals surface area contributed by atoms with Crippen LogP contribution in [0.3, 0.4) is 0 Å². The standard InChI is InChI=1S/C8H12N2O/c1-6(2)8-7(4-11)3-9-5-10-8/h3,5-6,11H,4H2,1-2H3. The van der Waals surface area contributed by atoms with Crippen LogP contribution in [0.2, 0.25) is 0 Å². The fourth-order valence-electron chi connectivity index (χ4n) is 1.01. The minimum atomic E-state index is 0.0222. The lowest BCUT2D eigenvalue weighted by atomic mass is 10.1. The predicted octanol–water partition coefficient (Wildman–Crippen LogP) is 1.09. The molecule has 3 nitrogen and oxygen atoms in total. The minimum absolute atomic E-state index is 0.0222. The van der Waals surface area contributed by atoms with Crippen LogP contribution >= 0.6 is 0 Å². The van der Waals surface area contributed by atoms with E-state index in [0.717, 1.165) is 11.3 Å². The van der Waals surface area contributed by atoms with Crippen molar-refractivity contribution in [2.45, 2.75) is 26.4 Å². The molecular weight excluding hydrogens is 140 g/mol. The summed E-state index contributed by atoms with van der Waals surface area (Å²) in [5.74, 6) is 0.347. The van der Waals surface area contributed by atoms with Crippen molar-refractivity contribution in [1.29, 1.82) is 0 Å². The lowest BCUT2D eigenvalue weighted by molar-refractivity contribution is 0.279. The number of aromatic nitrogens is 2. The summed E-state index contributed by atoms with van der Waals surface area (Å²) >= 11 is 0. The molecule has 1 N–H and O–H groups in total. The molecule has 0 amide bonds. The molecule has 0 radical (unpaired) electrons. The molecule has 1 aromatic rings. The van der Waals surface area contributed by atoms with Gasteiger partial charge in [0.1, 0.15) is 6.33 Å². The molecule has 1 aromatic heterocycles. The van der Waals surface area contributed by atoms with Gasteiger partial charge in [0, 0.05) is 11.8 Å². The van der Waals surface area contributed by atoms with E-state index >= 15 is 0 Å². The summed E-state index contributed by atoms with van der Waals surface area (Å²) in [5, 5.41) is 8.89. The van der Waals surface area contributed by atoms with Crippen molar-refractivity contribution in [3.63, 3.8) is 0 Å². The average molecular weight is 152 g/mol.